The van der Waals surface area contributed by atoms with E-state index in [0.29, 0.717) is 30.5 Å². The third-order valence-corrected chi connectivity index (χ3v) is 4.60. The SMILES string of the molecule is Cc1nn(C[NH+](Cc2ccc(F)cc2)C2CC2)c(=O)c(C#N)c1C. The maximum absolute atomic E-state index is 13.1. The molecule has 2 aromatic rings. The molecular formula is C18H20FN4O+. The number of aryl methyl sites for hydroxylation is 1. The normalized spacial score (nSPS) is 15.1. The molecular weight excluding hydrogens is 307 g/mol. The molecule has 0 bridgehead atoms. The summed E-state index contributed by atoms with van der Waals surface area (Å²) in [5, 5.41) is 13.6. The average molecular weight is 327 g/mol. The average Bonchev–Trinajstić information content (AvgIpc) is 3.39. The molecule has 1 aromatic carbocycles. The van der Waals surface area contributed by atoms with Gasteiger partial charge in [0.2, 0.25) is 0 Å². The third kappa shape index (κ3) is 3.36. The molecule has 0 saturated heterocycles. The maximum atomic E-state index is 13.1. The number of nitrogens with one attached hydrogen (secondary N) is 1. The van der Waals surface area contributed by atoms with E-state index in [4.69, 9.17) is 0 Å². The molecule has 1 N–H and O–H groups in total. The molecule has 1 atom stereocenters. The van der Waals surface area contributed by atoms with Crippen LogP contribution in [0.4, 0.5) is 4.39 Å². The first-order valence-electron chi connectivity index (χ1n) is 8.07. The Morgan fingerprint density at radius 2 is 2.00 bits per heavy atom. The molecule has 0 radical (unpaired) electrons. The Morgan fingerprint density at radius 1 is 1.33 bits per heavy atom. The van der Waals surface area contributed by atoms with Gasteiger partial charge in [0.1, 0.15) is 24.0 Å². The molecule has 1 aromatic heterocycles. The zero-order valence-corrected chi connectivity index (χ0v) is 13.8. The highest BCUT2D eigenvalue weighted by Crippen LogP contribution is 2.16. The van der Waals surface area contributed by atoms with Crippen molar-refractivity contribution in [3.8, 4) is 6.07 Å². The number of aromatic nitrogens is 2. The van der Waals surface area contributed by atoms with Crippen molar-refractivity contribution in [3.05, 3.63) is 62.8 Å². The van der Waals surface area contributed by atoms with Gasteiger partial charge >= 0.3 is 0 Å². The van der Waals surface area contributed by atoms with Crippen LogP contribution in [-0.2, 0) is 13.2 Å². The summed E-state index contributed by atoms with van der Waals surface area (Å²) >= 11 is 0. The van der Waals surface area contributed by atoms with Gasteiger partial charge in [0.05, 0.1) is 11.7 Å². The van der Waals surface area contributed by atoms with Crippen LogP contribution in [0.5, 0.6) is 0 Å². The summed E-state index contributed by atoms with van der Waals surface area (Å²) in [6.45, 7) is 4.67. The Balaban J connectivity index is 1.87. The van der Waals surface area contributed by atoms with Crippen molar-refractivity contribution < 1.29 is 9.29 Å². The van der Waals surface area contributed by atoms with Gasteiger partial charge in [-0.3, -0.25) is 4.79 Å². The van der Waals surface area contributed by atoms with Crippen LogP contribution in [0.3, 0.4) is 0 Å². The van der Waals surface area contributed by atoms with E-state index in [2.05, 4.69) is 5.10 Å². The van der Waals surface area contributed by atoms with E-state index >= 15 is 0 Å². The smallest absolute Gasteiger partial charge is 0.289 e. The first-order chi connectivity index (χ1) is 11.5. The highest BCUT2D eigenvalue weighted by atomic mass is 19.1. The second kappa shape index (κ2) is 6.54. The monoisotopic (exact) mass is 327 g/mol. The van der Waals surface area contributed by atoms with E-state index in [0.717, 1.165) is 18.4 Å². The van der Waals surface area contributed by atoms with Crippen LogP contribution in [-0.4, -0.2) is 15.8 Å². The molecule has 1 aliphatic rings. The minimum atomic E-state index is -0.335. The van der Waals surface area contributed by atoms with E-state index in [9.17, 15) is 14.4 Å². The predicted octanol–water partition coefficient (Wildman–Crippen LogP) is 1.08. The second-order valence-corrected chi connectivity index (χ2v) is 6.40. The first kappa shape index (κ1) is 16.3. The lowest BCUT2D eigenvalue weighted by atomic mass is 10.1. The fraction of sp³-hybridized carbons (Fsp3) is 0.389. The fourth-order valence-corrected chi connectivity index (χ4v) is 2.89. The van der Waals surface area contributed by atoms with Gasteiger partial charge in [0.25, 0.3) is 5.56 Å². The van der Waals surface area contributed by atoms with Crippen LogP contribution in [0.2, 0.25) is 0 Å². The number of nitrogens with zero attached hydrogens (tertiary/aromatic N) is 3. The number of quaternary nitrogens is 1. The number of nitriles is 1. The van der Waals surface area contributed by atoms with Crippen LogP contribution in [0.25, 0.3) is 0 Å². The van der Waals surface area contributed by atoms with Gasteiger partial charge in [-0.15, -0.1) is 0 Å². The van der Waals surface area contributed by atoms with E-state index in [1.165, 1.54) is 21.7 Å². The van der Waals surface area contributed by atoms with Crippen molar-refractivity contribution in [2.24, 2.45) is 0 Å². The van der Waals surface area contributed by atoms with Crippen LogP contribution < -0.4 is 10.5 Å². The van der Waals surface area contributed by atoms with E-state index in [-0.39, 0.29) is 16.9 Å². The van der Waals surface area contributed by atoms with Gasteiger partial charge in [-0.2, -0.15) is 15.0 Å². The van der Waals surface area contributed by atoms with Gasteiger partial charge < -0.3 is 4.90 Å². The maximum Gasteiger partial charge on any atom is 0.289 e. The molecule has 1 fully saturated rings. The van der Waals surface area contributed by atoms with Gasteiger partial charge in [0.15, 0.2) is 6.67 Å². The Kier molecular flexibility index (Phi) is 4.45. The number of rotatable bonds is 5. The molecule has 0 aliphatic heterocycles. The Morgan fingerprint density at radius 3 is 2.58 bits per heavy atom. The fourth-order valence-electron chi connectivity index (χ4n) is 2.89. The zero-order chi connectivity index (χ0) is 17.3. The molecule has 0 spiro atoms. The summed E-state index contributed by atoms with van der Waals surface area (Å²) in [5.74, 6) is -0.252. The van der Waals surface area contributed by atoms with Crippen molar-refractivity contribution >= 4 is 0 Å². The molecule has 1 aliphatic carbocycles. The zero-order valence-electron chi connectivity index (χ0n) is 13.8. The number of hydrogen-bond donors (Lipinski definition) is 1. The number of benzene rings is 1. The van der Waals surface area contributed by atoms with Crippen molar-refractivity contribution in [3.63, 3.8) is 0 Å². The van der Waals surface area contributed by atoms with E-state index < -0.39 is 0 Å². The number of hydrogen-bond acceptors (Lipinski definition) is 3. The minimum absolute atomic E-state index is 0.166. The van der Waals surface area contributed by atoms with Crippen molar-refractivity contribution in [1.29, 1.82) is 5.26 Å². The number of halogens is 1. The molecule has 0 amide bonds. The lowest BCUT2D eigenvalue weighted by Gasteiger charge is -2.20. The van der Waals surface area contributed by atoms with Crippen molar-refractivity contribution in [2.75, 3.05) is 0 Å². The molecule has 3 rings (SSSR count). The molecule has 5 nitrogen and oxygen atoms in total. The van der Waals surface area contributed by atoms with E-state index in [1.807, 2.05) is 13.0 Å². The second-order valence-electron chi connectivity index (χ2n) is 6.40. The van der Waals surface area contributed by atoms with Crippen LogP contribution in [0, 0.1) is 31.0 Å². The largest absolute Gasteiger partial charge is 0.310 e. The Bertz CT molecular complexity index is 847. The molecule has 1 saturated carbocycles. The summed E-state index contributed by atoms with van der Waals surface area (Å²) in [4.78, 5) is 13.7. The van der Waals surface area contributed by atoms with Crippen molar-refractivity contribution in [2.45, 2.75) is 45.9 Å². The lowest BCUT2D eigenvalue weighted by molar-refractivity contribution is -0.947. The topological polar surface area (TPSA) is 63.1 Å². The highest BCUT2D eigenvalue weighted by molar-refractivity contribution is 5.36. The minimum Gasteiger partial charge on any atom is -0.310 e. The molecule has 6 heteroatoms. The summed E-state index contributed by atoms with van der Waals surface area (Å²) < 4.78 is 14.5. The quantitative estimate of drug-likeness (QED) is 0.894. The molecule has 1 heterocycles. The van der Waals surface area contributed by atoms with E-state index in [1.54, 1.807) is 19.1 Å². The summed E-state index contributed by atoms with van der Waals surface area (Å²) in [6.07, 6.45) is 2.22. The van der Waals surface area contributed by atoms with Gasteiger partial charge in [-0.1, -0.05) is 12.1 Å². The predicted molar refractivity (Wildman–Crippen MR) is 86.8 cm³/mol. The van der Waals surface area contributed by atoms with Crippen LogP contribution in [0.15, 0.2) is 29.1 Å². The van der Waals surface area contributed by atoms with Gasteiger partial charge in [-0.25, -0.2) is 4.39 Å². The first-order valence-corrected chi connectivity index (χ1v) is 8.07. The molecule has 24 heavy (non-hydrogen) atoms. The third-order valence-electron chi connectivity index (χ3n) is 4.60. The summed E-state index contributed by atoms with van der Waals surface area (Å²) in [7, 11) is 0. The van der Waals surface area contributed by atoms with Crippen LogP contribution in [0.1, 0.15) is 35.2 Å². The Hall–Kier alpha value is -2.52. The standard InChI is InChI=1S/C18H19FN4O/c1-12-13(2)21-23(18(24)17(12)9-20)11-22(16-7-8-16)10-14-3-5-15(19)6-4-14/h3-6,16H,7-8,10-11H2,1-2H3/p+1. The molecule has 124 valence electrons. The lowest BCUT2D eigenvalue weighted by Crippen LogP contribution is -3.11. The van der Waals surface area contributed by atoms with Gasteiger partial charge in [0, 0.05) is 18.4 Å². The molecule has 1 unspecified atom stereocenters. The summed E-state index contributed by atoms with van der Waals surface area (Å²) in [5.41, 5.74) is 2.20. The highest BCUT2D eigenvalue weighted by Gasteiger charge is 2.34. The van der Waals surface area contributed by atoms with Gasteiger partial charge in [-0.05, 0) is 31.5 Å². The van der Waals surface area contributed by atoms with Crippen molar-refractivity contribution in [1.82, 2.24) is 9.78 Å². The summed E-state index contributed by atoms with van der Waals surface area (Å²) in [6, 6.07) is 8.93. The Labute approximate surface area is 139 Å². The van der Waals surface area contributed by atoms with Crippen LogP contribution >= 0.6 is 0 Å².